The van der Waals surface area contributed by atoms with E-state index in [-0.39, 0.29) is 0 Å². The molecule has 0 unspecified atom stereocenters. The second-order valence-corrected chi connectivity index (χ2v) is 6.08. The predicted octanol–water partition coefficient (Wildman–Crippen LogP) is 3.63. The smallest absolute Gasteiger partial charge is 0.216 e. The maximum atomic E-state index is 5.45. The Hall–Kier alpha value is -2.87. The Morgan fingerprint density at radius 1 is 1.27 bits per heavy atom. The standard InChI is InChI=1S/C18H20N6OS/c1-3-4-5-17-22-23-18(26)24(17)21-11-14-8-13(6-7-16(14)25-2)15-9-19-12-20-10-15/h6-12H,3-5H2,1-2H3,(H,23,26)/b21-11+. The van der Waals surface area contributed by atoms with Gasteiger partial charge in [0.1, 0.15) is 12.1 Å². The predicted molar refractivity (Wildman–Crippen MR) is 103 cm³/mol. The number of ether oxygens (including phenoxy) is 1. The molecule has 0 amide bonds. The number of nitrogens with one attached hydrogen (secondary N) is 1. The average Bonchev–Trinajstić information content (AvgIpc) is 3.04. The van der Waals surface area contributed by atoms with Crippen molar-refractivity contribution < 1.29 is 4.74 Å². The van der Waals surface area contributed by atoms with Gasteiger partial charge in [0.2, 0.25) is 4.77 Å². The van der Waals surface area contributed by atoms with Crippen LogP contribution in [-0.2, 0) is 6.42 Å². The lowest BCUT2D eigenvalue weighted by atomic mass is 10.1. The highest BCUT2D eigenvalue weighted by Gasteiger charge is 2.07. The molecule has 7 nitrogen and oxygen atoms in total. The van der Waals surface area contributed by atoms with Crippen molar-refractivity contribution in [1.82, 2.24) is 24.8 Å². The van der Waals surface area contributed by atoms with Crippen LogP contribution in [0.25, 0.3) is 11.1 Å². The van der Waals surface area contributed by atoms with Gasteiger partial charge < -0.3 is 4.74 Å². The summed E-state index contributed by atoms with van der Waals surface area (Å²) in [6.07, 6.45) is 9.70. The summed E-state index contributed by atoms with van der Waals surface area (Å²) in [5.74, 6) is 1.54. The summed E-state index contributed by atoms with van der Waals surface area (Å²) in [4.78, 5) is 8.13. The Morgan fingerprint density at radius 2 is 2.08 bits per heavy atom. The summed E-state index contributed by atoms with van der Waals surface area (Å²) in [7, 11) is 1.63. The van der Waals surface area contributed by atoms with E-state index < -0.39 is 0 Å². The number of aryl methyl sites for hydroxylation is 1. The molecule has 26 heavy (non-hydrogen) atoms. The molecule has 8 heteroatoms. The lowest BCUT2D eigenvalue weighted by molar-refractivity contribution is 0.414. The largest absolute Gasteiger partial charge is 0.496 e. The summed E-state index contributed by atoms with van der Waals surface area (Å²) in [5, 5.41) is 11.6. The van der Waals surface area contributed by atoms with Gasteiger partial charge in [0, 0.05) is 29.9 Å². The number of aromatic nitrogens is 5. The van der Waals surface area contributed by atoms with Crippen LogP contribution in [0.5, 0.6) is 5.75 Å². The maximum Gasteiger partial charge on any atom is 0.216 e. The molecule has 0 aliphatic heterocycles. The average molecular weight is 368 g/mol. The first-order chi connectivity index (χ1) is 12.7. The van der Waals surface area contributed by atoms with Crippen LogP contribution in [0.1, 0.15) is 31.2 Å². The zero-order chi connectivity index (χ0) is 18.4. The number of methoxy groups -OCH3 is 1. The quantitative estimate of drug-likeness (QED) is 0.509. The molecule has 0 spiro atoms. The molecule has 0 bridgehead atoms. The number of hydrogen-bond acceptors (Lipinski definition) is 6. The molecule has 1 N–H and O–H groups in total. The number of benzene rings is 1. The highest BCUT2D eigenvalue weighted by atomic mass is 32.1. The van der Waals surface area contributed by atoms with Crippen molar-refractivity contribution in [2.45, 2.75) is 26.2 Å². The van der Waals surface area contributed by atoms with Gasteiger partial charge in [-0.1, -0.05) is 19.4 Å². The first-order valence-electron chi connectivity index (χ1n) is 8.37. The minimum absolute atomic E-state index is 0.471. The third-order valence-corrected chi connectivity index (χ3v) is 4.17. The van der Waals surface area contributed by atoms with Crippen molar-refractivity contribution in [3.63, 3.8) is 0 Å². The highest BCUT2D eigenvalue weighted by molar-refractivity contribution is 7.71. The molecule has 0 fully saturated rings. The summed E-state index contributed by atoms with van der Waals surface area (Å²) in [5.41, 5.74) is 2.74. The number of aromatic amines is 1. The lowest BCUT2D eigenvalue weighted by Crippen LogP contribution is -2.00. The van der Waals surface area contributed by atoms with Gasteiger partial charge in [-0.3, -0.25) is 5.10 Å². The minimum Gasteiger partial charge on any atom is -0.496 e. The monoisotopic (exact) mass is 368 g/mol. The number of nitrogens with zero attached hydrogens (tertiary/aromatic N) is 5. The SMILES string of the molecule is CCCCc1n[nH]c(=S)n1/N=C/c1cc(-c2cncnc2)ccc1OC. The Bertz CT molecular complexity index is 948. The topological polar surface area (TPSA) is 81.0 Å². The molecule has 2 aromatic heterocycles. The summed E-state index contributed by atoms with van der Waals surface area (Å²) < 4.78 is 7.58. The third-order valence-electron chi connectivity index (χ3n) is 3.91. The van der Waals surface area contributed by atoms with Gasteiger partial charge in [0.25, 0.3) is 0 Å². The number of rotatable bonds is 7. The first-order valence-corrected chi connectivity index (χ1v) is 8.77. The Morgan fingerprint density at radius 3 is 2.81 bits per heavy atom. The molecule has 2 heterocycles. The van der Waals surface area contributed by atoms with Crippen LogP contribution >= 0.6 is 12.2 Å². The summed E-state index contributed by atoms with van der Waals surface area (Å²) >= 11 is 5.29. The van der Waals surface area contributed by atoms with E-state index in [1.165, 1.54) is 6.33 Å². The van der Waals surface area contributed by atoms with Crippen LogP contribution in [0.15, 0.2) is 42.0 Å². The van der Waals surface area contributed by atoms with Crippen molar-refractivity contribution in [3.8, 4) is 16.9 Å². The van der Waals surface area contributed by atoms with E-state index in [1.54, 1.807) is 30.4 Å². The van der Waals surface area contributed by atoms with Crippen LogP contribution in [0.3, 0.4) is 0 Å². The van der Waals surface area contributed by atoms with Crippen LogP contribution in [0.2, 0.25) is 0 Å². The molecular weight excluding hydrogens is 348 g/mol. The maximum absolute atomic E-state index is 5.45. The van der Waals surface area contributed by atoms with Gasteiger partial charge in [-0.15, -0.1) is 0 Å². The number of unbranched alkanes of at least 4 members (excludes halogenated alkanes) is 1. The normalized spacial score (nSPS) is 11.2. The van der Waals surface area contributed by atoms with Crippen molar-refractivity contribution in [1.29, 1.82) is 0 Å². The van der Waals surface area contributed by atoms with E-state index in [0.29, 0.717) is 4.77 Å². The molecule has 0 radical (unpaired) electrons. The van der Waals surface area contributed by atoms with E-state index in [4.69, 9.17) is 17.0 Å². The lowest BCUT2D eigenvalue weighted by Gasteiger charge is -2.07. The van der Waals surface area contributed by atoms with Gasteiger partial charge in [-0.05, 0) is 36.3 Å². The van der Waals surface area contributed by atoms with Crippen molar-refractivity contribution >= 4 is 18.4 Å². The van der Waals surface area contributed by atoms with Gasteiger partial charge in [-0.25, -0.2) is 9.97 Å². The summed E-state index contributed by atoms with van der Waals surface area (Å²) in [6, 6.07) is 5.85. The molecule has 0 atom stereocenters. The molecule has 0 saturated heterocycles. The van der Waals surface area contributed by atoms with Crippen LogP contribution in [0.4, 0.5) is 0 Å². The summed E-state index contributed by atoms with van der Waals surface area (Å²) in [6.45, 7) is 2.14. The first kappa shape index (κ1) is 17.9. The second kappa shape index (κ2) is 8.48. The van der Waals surface area contributed by atoms with Gasteiger partial charge in [0.05, 0.1) is 13.3 Å². The number of H-pyrrole nitrogens is 1. The van der Waals surface area contributed by atoms with Crippen LogP contribution in [-0.4, -0.2) is 38.2 Å². The molecule has 0 aliphatic rings. The molecular formula is C18H20N6OS. The van der Waals surface area contributed by atoms with Crippen LogP contribution in [0, 0.1) is 4.77 Å². The van der Waals surface area contributed by atoms with E-state index in [2.05, 4.69) is 32.2 Å². The van der Waals surface area contributed by atoms with Crippen molar-refractivity contribution in [2.24, 2.45) is 5.10 Å². The second-order valence-electron chi connectivity index (χ2n) is 5.69. The number of hydrogen-bond donors (Lipinski definition) is 1. The van der Waals surface area contributed by atoms with E-state index in [1.807, 2.05) is 18.2 Å². The third kappa shape index (κ3) is 4.02. The van der Waals surface area contributed by atoms with Crippen LogP contribution < -0.4 is 4.74 Å². The van der Waals surface area contributed by atoms with Gasteiger partial charge in [-0.2, -0.15) is 14.9 Å². The molecule has 1 aromatic carbocycles. The zero-order valence-corrected chi connectivity index (χ0v) is 15.5. The fourth-order valence-corrected chi connectivity index (χ4v) is 2.72. The van der Waals surface area contributed by atoms with Gasteiger partial charge >= 0.3 is 0 Å². The molecule has 0 aliphatic carbocycles. The molecule has 134 valence electrons. The Balaban J connectivity index is 1.95. The minimum atomic E-state index is 0.471. The Kier molecular flexibility index (Phi) is 5.85. The zero-order valence-electron chi connectivity index (χ0n) is 14.7. The highest BCUT2D eigenvalue weighted by Crippen LogP contribution is 2.24. The molecule has 0 saturated carbocycles. The Labute approximate surface area is 156 Å². The fourth-order valence-electron chi connectivity index (χ4n) is 2.52. The van der Waals surface area contributed by atoms with Gasteiger partial charge in [0.15, 0.2) is 5.82 Å². The van der Waals surface area contributed by atoms with E-state index >= 15 is 0 Å². The van der Waals surface area contributed by atoms with Crippen molar-refractivity contribution in [3.05, 3.63) is 53.1 Å². The molecule has 3 aromatic rings. The van der Waals surface area contributed by atoms with Crippen molar-refractivity contribution in [2.75, 3.05) is 7.11 Å². The fraction of sp³-hybridized carbons (Fsp3) is 0.278. The van der Waals surface area contributed by atoms with E-state index in [0.717, 1.165) is 47.5 Å². The van der Waals surface area contributed by atoms with E-state index in [9.17, 15) is 0 Å². The molecule has 3 rings (SSSR count).